The molecule has 1 rings (SSSR count). The van der Waals surface area contributed by atoms with Gasteiger partial charge >= 0.3 is 0 Å². The normalized spacial score (nSPS) is 16.8. The number of rotatable bonds is 11. The summed E-state index contributed by atoms with van der Waals surface area (Å²) in [6, 6.07) is 4.29. The van der Waals surface area contributed by atoms with E-state index in [-0.39, 0.29) is 0 Å². The highest BCUT2D eigenvalue weighted by Crippen LogP contribution is 2.35. The fourth-order valence-electron chi connectivity index (χ4n) is 2.89. The summed E-state index contributed by atoms with van der Waals surface area (Å²) in [5.41, 5.74) is 0. The molecule has 0 atom stereocenters. The maximum absolute atomic E-state index is 6.72. The molecule has 1 nitrogen and oxygen atoms in total. The standard InChI is InChI=1S/C16H34OSi/c1-4-7-13-18(14-8-5-2,15-9-6-3)17-16-11-10-12-16/h16H,4-15H2,1-3H3. The molecule has 1 aliphatic rings. The van der Waals surface area contributed by atoms with Crippen LogP contribution in [0.2, 0.25) is 18.1 Å². The van der Waals surface area contributed by atoms with Crippen molar-refractivity contribution in [2.45, 2.75) is 103 Å². The van der Waals surface area contributed by atoms with Gasteiger partial charge in [0, 0.05) is 6.10 Å². The van der Waals surface area contributed by atoms with Gasteiger partial charge in [0.1, 0.15) is 0 Å². The highest BCUT2D eigenvalue weighted by molar-refractivity contribution is 6.73. The molecule has 0 spiro atoms. The summed E-state index contributed by atoms with van der Waals surface area (Å²) in [6.45, 7) is 6.96. The van der Waals surface area contributed by atoms with E-state index in [9.17, 15) is 0 Å². The molecule has 0 aromatic rings. The van der Waals surface area contributed by atoms with Crippen molar-refractivity contribution in [3.05, 3.63) is 0 Å². The minimum Gasteiger partial charge on any atom is -0.414 e. The first-order chi connectivity index (χ1) is 8.76. The predicted octanol–water partition coefficient (Wildman–Crippen LogP) is 5.90. The van der Waals surface area contributed by atoms with Crippen molar-refractivity contribution in [3.63, 3.8) is 0 Å². The van der Waals surface area contributed by atoms with Crippen LogP contribution in [0.15, 0.2) is 0 Å². The van der Waals surface area contributed by atoms with E-state index in [0.717, 1.165) is 0 Å². The lowest BCUT2D eigenvalue weighted by molar-refractivity contribution is 0.106. The van der Waals surface area contributed by atoms with Gasteiger partial charge in [-0.05, 0) is 37.4 Å². The molecule has 1 aliphatic carbocycles. The zero-order valence-electron chi connectivity index (χ0n) is 13.0. The van der Waals surface area contributed by atoms with Crippen LogP contribution >= 0.6 is 0 Å². The summed E-state index contributed by atoms with van der Waals surface area (Å²) >= 11 is 0. The Morgan fingerprint density at radius 2 is 1.28 bits per heavy atom. The third kappa shape index (κ3) is 5.44. The van der Waals surface area contributed by atoms with Crippen LogP contribution in [0.5, 0.6) is 0 Å². The average Bonchev–Trinajstić information content (AvgIpc) is 2.35. The second kappa shape index (κ2) is 9.14. The molecule has 0 aliphatic heterocycles. The Morgan fingerprint density at radius 1 is 0.833 bits per heavy atom. The summed E-state index contributed by atoms with van der Waals surface area (Å²) in [5.74, 6) is 0. The fraction of sp³-hybridized carbons (Fsp3) is 1.00. The van der Waals surface area contributed by atoms with E-state index in [0.29, 0.717) is 6.10 Å². The second-order valence-electron chi connectivity index (χ2n) is 6.16. The highest BCUT2D eigenvalue weighted by atomic mass is 28.4. The number of unbranched alkanes of at least 4 members (excludes halogenated alkanes) is 3. The third-order valence-electron chi connectivity index (χ3n) is 4.43. The highest BCUT2D eigenvalue weighted by Gasteiger charge is 2.37. The zero-order chi connectivity index (χ0) is 13.3. The van der Waals surface area contributed by atoms with Gasteiger partial charge in [0.05, 0.1) is 0 Å². The van der Waals surface area contributed by atoms with Gasteiger partial charge in [-0.1, -0.05) is 59.3 Å². The summed E-state index contributed by atoms with van der Waals surface area (Å²) in [6.07, 6.45) is 12.9. The average molecular weight is 271 g/mol. The van der Waals surface area contributed by atoms with Crippen molar-refractivity contribution in [2.24, 2.45) is 0 Å². The van der Waals surface area contributed by atoms with Gasteiger partial charge < -0.3 is 4.43 Å². The SMILES string of the molecule is CCCC[Si](CCCC)(CCCC)OC1CCC1. The Bertz CT molecular complexity index is 179. The smallest absolute Gasteiger partial charge is 0.193 e. The Balaban J connectivity index is 2.55. The number of hydrogen-bond donors (Lipinski definition) is 0. The van der Waals surface area contributed by atoms with Gasteiger partial charge in [0.25, 0.3) is 0 Å². The Labute approximate surface area is 116 Å². The van der Waals surface area contributed by atoms with Crippen LogP contribution < -0.4 is 0 Å². The van der Waals surface area contributed by atoms with E-state index in [4.69, 9.17) is 4.43 Å². The van der Waals surface area contributed by atoms with Crippen molar-refractivity contribution in [1.29, 1.82) is 0 Å². The van der Waals surface area contributed by atoms with Crippen LogP contribution in [-0.4, -0.2) is 14.4 Å². The minimum atomic E-state index is -1.39. The maximum Gasteiger partial charge on any atom is 0.193 e. The van der Waals surface area contributed by atoms with Crippen LogP contribution in [0, 0.1) is 0 Å². The molecule has 2 heteroatoms. The van der Waals surface area contributed by atoms with Gasteiger partial charge in [0.2, 0.25) is 0 Å². The molecule has 1 saturated carbocycles. The van der Waals surface area contributed by atoms with Crippen molar-refractivity contribution >= 4 is 8.32 Å². The summed E-state index contributed by atoms with van der Waals surface area (Å²) in [5, 5.41) is 0. The summed E-state index contributed by atoms with van der Waals surface area (Å²) in [7, 11) is -1.39. The van der Waals surface area contributed by atoms with Gasteiger partial charge in [-0.25, -0.2) is 0 Å². The molecular weight excluding hydrogens is 236 g/mol. The first-order valence-corrected chi connectivity index (χ1v) is 11.0. The van der Waals surface area contributed by atoms with Gasteiger partial charge in [0.15, 0.2) is 8.32 Å². The molecule has 0 aromatic carbocycles. The van der Waals surface area contributed by atoms with Crippen LogP contribution in [0.4, 0.5) is 0 Å². The van der Waals surface area contributed by atoms with E-state index in [1.807, 2.05) is 0 Å². The molecule has 0 N–H and O–H groups in total. The molecule has 0 aromatic heterocycles. The third-order valence-corrected chi connectivity index (χ3v) is 9.05. The molecule has 0 unspecified atom stereocenters. The second-order valence-corrected chi connectivity index (χ2v) is 10.3. The van der Waals surface area contributed by atoms with Crippen molar-refractivity contribution < 1.29 is 4.43 Å². The first-order valence-electron chi connectivity index (χ1n) is 8.44. The molecular formula is C16H34OSi. The summed E-state index contributed by atoms with van der Waals surface area (Å²) < 4.78 is 6.72. The molecule has 108 valence electrons. The Hall–Kier alpha value is 0.177. The molecule has 1 fully saturated rings. The van der Waals surface area contributed by atoms with Crippen LogP contribution in [-0.2, 0) is 4.43 Å². The van der Waals surface area contributed by atoms with E-state index in [2.05, 4.69) is 20.8 Å². The topological polar surface area (TPSA) is 9.23 Å². The lowest BCUT2D eigenvalue weighted by atomic mass is 9.97. The predicted molar refractivity (Wildman–Crippen MR) is 83.6 cm³/mol. The maximum atomic E-state index is 6.72. The van der Waals surface area contributed by atoms with Crippen LogP contribution in [0.1, 0.15) is 78.6 Å². The van der Waals surface area contributed by atoms with E-state index in [1.54, 1.807) is 0 Å². The van der Waals surface area contributed by atoms with E-state index < -0.39 is 8.32 Å². The molecule has 0 bridgehead atoms. The van der Waals surface area contributed by atoms with Gasteiger partial charge in [-0.2, -0.15) is 0 Å². The number of hydrogen-bond acceptors (Lipinski definition) is 1. The van der Waals surface area contributed by atoms with E-state index >= 15 is 0 Å². The quantitative estimate of drug-likeness (QED) is 0.425. The Morgan fingerprint density at radius 3 is 1.56 bits per heavy atom. The first kappa shape index (κ1) is 16.2. The lowest BCUT2D eigenvalue weighted by Crippen LogP contribution is -2.43. The van der Waals surface area contributed by atoms with Crippen molar-refractivity contribution in [3.8, 4) is 0 Å². The molecule has 0 amide bonds. The van der Waals surface area contributed by atoms with Crippen molar-refractivity contribution in [2.75, 3.05) is 0 Å². The molecule has 0 heterocycles. The van der Waals surface area contributed by atoms with Crippen LogP contribution in [0.3, 0.4) is 0 Å². The van der Waals surface area contributed by atoms with Gasteiger partial charge in [-0.15, -0.1) is 0 Å². The molecule has 0 radical (unpaired) electrons. The van der Waals surface area contributed by atoms with E-state index in [1.165, 1.54) is 75.9 Å². The van der Waals surface area contributed by atoms with Crippen molar-refractivity contribution in [1.82, 2.24) is 0 Å². The summed E-state index contributed by atoms with van der Waals surface area (Å²) in [4.78, 5) is 0. The van der Waals surface area contributed by atoms with Gasteiger partial charge in [-0.3, -0.25) is 0 Å². The fourth-order valence-corrected chi connectivity index (χ4v) is 7.93. The minimum absolute atomic E-state index is 0.655. The lowest BCUT2D eigenvalue weighted by Gasteiger charge is -2.39. The molecule has 18 heavy (non-hydrogen) atoms. The Kier molecular flexibility index (Phi) is 8.24. The van der Waals surface area contributed by atoms with Crippen LogP contribution in [0.25, 0.3) is 0 Å². The largest absolute Gasteiger partial charge is 0.414 e. The monoisotopic (exact) mass is 270 g/mol. The molecule has 0 saturated heterocycles. The zero-order valence-corrected chi connectivity index (χ0v) is 14.0.